The molecule has 0 radical (unpaired) electrons. The van der Waals surface area contributed by atoms with Crippen LogP contribution in [0.4, 0.5) is 0 Å². The number of esters is 1. The van der Waals surface area contributed by atoms with Gasteiger partial charge in [0.05, 0.1) is 6.10 Å². The molecule has 0 aromatic rings. The average Bonchev–Trinajstić information content (AvgIpc) is 2.29. The molecule has 0 amide bonds. The minimum absolute atomic E-state index is 0.338. The highest BCUT2D eigenvalue weighted by Gasteiger charge is 2.59. The van der Waals surface area contributed by atoms with Gasteiger partial charge in [0.2, 0.25) is 5.41 Å². The largest absolute Gasteiger partial charge is 0.480 e. The van der Waals surface area contributed by atoms with Crippen molar-refractivity contribution in [3.63, 3.8) is 0 Å². The first kappa shape index (κ1) is 12.1. The Hall–Kier alpha value is -1.36. The molecule has 2 heterocycles. The Morgan fingerprint density at radius 2 is 2.47 bits per heavy atom. The van der Waals surface area contributed by atoms with Gasteiger partial charge in [0.25, 0.3) is 0 Å². The van der Waals surface area contributed by atoms with E-state index < -0.39 is 23.5 Å². The van der Waals surface area contributed by atoms with Crippen molar-refractivity contribution in [3.8, 4) is 0 Å². The second-order valence-electron chi connectivity index (χ2n) is 4.43. The maximum atomic E-state index is 11.7. The summed E-state index contributed by atoms with van der Waals surface area (Å²) in [7, 11) is 0. The van der Waals surface area contributed by atoms with Gasteiger partial charge in [-0.25, -0.2) is 0 Å². The lowest BCUT2D eigenvalue weighted by Gasteiger charge is -2.42. The average molecular weight is 240 g/mol. The molecule has 0 unspecified atom stereocenters. The van der Waals surface area contributed by atoms with E-state index in [0.717, 1.165) is 12.8 Å². The smallest absolute Gasteiger partial charge is 0.330 e. The maximum absolute atomic E-state index is 11.7. The molecule has 3 atom stereocenters. The summed E-state index contributed by atoms with van der Waals surface area (Å²) in [4.78, 5) is 23.1. The normalized spacial score (nSPS) is 34.8. The lowest BCUT2D eigenvalue weighted by Crippen LogP contribution is -2.58. The first-order valence-electron chi connectivity index (χ1n) is 5.86. The molecule has 2 bridgehead atoms. The molecule has 0 aromatic carbocycles. The quantitative estimate of drug-likeness (QED) is 0.337. The van der Waals surface area contributed by atoms with Gasteiger partial charge in [0.15, 0.2) is 0 Å². The molecular formula is C12H16O5. The fraction of sp³-hybridized carbons (Fsp3) is 0.667. The zero-order chi connectivity index (χ0) is 12.5. The SMILES string of the molecule is CCCCO[C@@H]1C[C@@H]2C=C[C@@]1(C(=O)O)C(=O)O2. The second kappa shape index (κ2) is 4.49. The Morgan fingerprint density at radius 3 is 3.06 bits per heavy atom. The fourth-order valence-electron chi connectivity index (χ4n) is 2.23. The second-order valence-corrected chi connectivity index (χ2v) is 4.43. The molecule has 1 fully saturated rings. The summed E-state index contributed by atoms with van der Waals surface area (Å²) < 4.78 is 10.6. The van der Waals surface area contributed by atoms with Crippen LogP contribution < -0.4 is 0 Å². The third-order valence-electron chi connectivity index (χ3n) is 3.30. The molecule has 5 nitrogen and oxygen atoms in total. The van der Waals surface area contributed by atoms with E-state index in [0.29, 0.717) is 13.0 Å². The fourth-order valence-corrected chi connectivity index (χ4v) is 2.23. The summed E-state index contributed by atoms with van der Waals surface area (Å²) >= 11 is 0. The summed E-state index contributed by atoms with van der Waals surface area (Å²) in [5.41, 5.74) is -1.64. The molecule has 0 spiro atoms. The Kier molecular flexibility index (Phi) is 3.19. The number of aliphatic carboxylic acids is 1. The van der Waals surface area contributed by atoms with E-state index in [1.807, 2.05) is 6.92 Å². The van der Waals surface area contributed by atoms with E-state index in [-0.39, 0.29) is 6.10 Å². The molecule has 2 aliphatic heterocycles. The highest BCUT2D eigenvalue weighted by Crippen LogP contribution is 2.41. The van der Waals surface area contributed by atoms with Gasteiger partial charge in [0, 0.05) is 13.0 Å². The van der Waals surface area contributed by atoms with Crippen molar-refractivity contribution < 1.29 is 24.2 Å². The van der Waals surface area contributed by atoms with E-state index in [1.54, 1.807) is 6.08 Å². The van der Waals surface area contributed by atoms with Gasteiger partial charge in [0.1, 0.15) is 6.10 Å². The van der Waals surface area contributed by atoms with E-state index in [2.05, 4.69) is 0 Å². The van der Waals surface area contributed by atoms with E-state index in [1.165, 1.54) is 6.08 Å². The molecule has 17 heavy (non-hydrogen) atoms. The van der Waals surface area contributed by atoms with Crippen molar-refractivity contribution in [2.24, 2.45) is 5.41 Å². The molecule has 1 N–H and O–H groups in total. The monoisotopic (exact) mass is 240 g/mol. The number of fused-ring (bicyclic) bond motifs is 2. The lowest BCUT2D eigenvalue weighted by atomic mass is 9.73. The van der Waals surface area contributed by atoms with Crippen LogP contribution in [0.25, 0.3) is 0 Å². The van der Waals surface area contributed by atoms with Crippen molar-refractivity contribution in [1.82, 2.24) is 0 Å². The third-order valence-corrected chi connectivity index (χ3v) is 3.30. The zero-order valence-electron chi connectivity index (χ0n) is 9.72. The Labute approximate surface area is 99.4 Å². The summed E-state index contributed by atoms with van der Waals surface area (Å²) in [5, 5.41) is 9.28. The van der Waals surface area contributed by atoms with Crippen LogP contribution >= 0.6 is 0 Å². The van der Waals surface area contributed by atoms with Crippen LogP contribution in [0.5, 0.6) is 0 Å². The Balaban J connectivity index is 2.19. The number of unbranched alkanes of at least 4 members (excludes halogenated alkanes) is 1. The van der Waals surface area contributed by atoms with Crippen molar-refractivity contribution in [2.45, 2.75) is 38.4 Å². The summed E-state index contributed by atoms with van der Waals surface area (Å²) in [6, 6.07) is 0. The number of carbonyl (C=O) groups is 2. The van der Waals surface area contributed by atoms with Crippen LogP contribution in [0.1, 0.15) is 26.2 Å². The number of carbonyl (C=O) groups excluding carboxylic acids is 1. The van der Waals surface area contributed by atoms with Gasteiger partial charge >= 0.3 is 11.9 Å². The number of carboxylic acids is 1. The van der Waals surface area contributed by atoms with Gasteiger partial charge in [-0.2, -0.15) is 0 Å². The first-order chi connectivity index (χ1) is 8.11. The van der Waals surface area contributed by atoms with Crippen LogP contribution in [-0.2, 0) is 19.1 Å². The van der Waals surface area contributed by atoms with Gasteiger partial charge < -0.3 is 14.6 Å². The molecule has 3 rings (SSSR count). The number of hydrogen-bond acceptors (Lipinski definition) is 4. The predicted octanol–water partition coefficient (Wildman–Crippen LogP) is 1.13. The Bertz CT molecular complexity index is 362. The zero-order valence-corrected chi connectivity index (χ0v) is 9.72. The van der Waals surface area contributed by atoms with E-state index in [9.17, 15) is 14.7 Å². The van der Waals surface area contributed by atoms with Crippen molar-refractivity contribution >= 4 is 11.9 Å². The number of ether oxygens (including phenoxy) is 2. The number of carboxylic acid groups (broad SMARTS) is 1. The minimum Gasteiger partial charge on any atom is -0.480 e. The molecule has 94 valence electrons. The van der Waals surface area contributed by atoms with Crippen molar-refractivity contribution in [1.29, 1.82) is 0 Å². The molecule has 1 aliphatic carbocycles. The predicted molar refractivity (Wildman–Crippen MR) is 58.4 cm³/mol. The van der Waals surface area contributed by atoms with Gasteiger partial charge in [-0.15, -0.1) is 0 Å². The molecule has 0 aromatic heterocycles. The standard InChI is InChI=1S/C12H16O5/c1-2-3-6-16-9-7-8-4-5-12(9,10(13)14)11(15)17-8/h4-5,8-9H,2-3,6-7H2,1H3,(H,13,14)/t8-,9+,12+/m0/s1. The number of rotatable bonds is 5. The van der Waals surface area contributed by atoms with Gasteiger partial charge in [-0.1, -0.05) is 19.4 Å². The maximum Gasteiger partial charge on any atom is 0.330 e. The third kappa shape index (κ3) is 1.84. The van der Waals surface area contributed by atoms with Crippen molar-refractivity contribution in [2.75, 3.05) is 6.61 Å². The Morgan fingerprint density at radius 1 is 1.71 bits per heavy atom. The molecule has 0 saturated carbocycles. The van der Waals surface area contributed by atoms with Crippen LogP contribution in [0, 0.1) is 5.41 Å². The summed E-state index contributed by atoms with van der Waals surface area (Å²) in [6.45, 7) is 2.50. The topological polar surface area (TPSA) is 72.8 Å². The minimum atomic E-state index is -1.64. The van der Waals surface area contributed by atoms with E-state index in [4.69, 9.17) is 9.47 Å². The van der Waals surface area contributed by atoms with Crippen molar-refractivity contribution in [3.05, 3.63) is 12.2 Å². The highest BCUT2D eigenvalue weighted by atomic mass is 16.6. The first-order valence-corrected chi connectivity index (χ1v) is 5.86. The molecular weight excluding hydrogens is 224 g/mol. The van der Waals surface area contributed by atoms with Crippen LogP contribution in [0.2, 0.25) is 0 Å². The highest BCUT2D eigenvalue weighted by molar-refractivity contribution is 6.03. The van der Waals surface area contributed by atoms with Crippen LogP contribution in [0.15, 0.2) is 12.2 Å². The summed E-state index contributed by atoms with van der Waals surface area (Å²) in [6.07, 6.45) is 4.36. The molecule has 5 heteroatoms. The number of hydrogen-bond donors (Lipinski definition) is 1. The molecule has 1 saturated heterocycles. The van der Waals surface area contributed by atoms with E-state index >= 15 is 0 Å². The van der Waals surface area contributed by atoms with Gasteiger partial charge in [-0.05, 0) is 12.5 Å². The lowest BCUT2D eigenvalue weighted by molar-refractivity contribution is -0.193. The van der Waals surface area contributed by atoms with Crippen LogP contribution in [-0.4, -0.2) is 35.9 Å². The van der Waals surface area contributed by atoms with Gasteiger partial charge in [-0.3, -0.25) is 9.59 Å². The summed E-state index contributed by atoms with van der Waals surface area (Å²) in [5.74, 6) is -1.90. The molecule has 3 aliphatic rings. The van der Waals surface area contributed by atoms with Crippen LogP contribution in [0.3, 0.4) is 0 Å².